The third kappa shape index (κ3) is 4.79. The fraction of sp³-hybridized carbons (Fsp3) is 0.632. The highest BCUT2D eigenvalue weighted by Gasteiger charge is 2.32. The topological polar surface area (TPSA) is 47.0 Å². The monoisotopic (exact) mass is 333 g/mol. The van der Waals surface area contributed by atoms with Crippen molar-refractivity contribution in [2.75, 3.05) is 47.4 Å². The van der Waals surface area contributed by atoms with Gasteiger partial charge in [0.2, 0.25) is 5.91 Å². The van der Waals surface area contributed by atoms with E-state index in [1.807, 2.05) is 44.4 Å². The Bertz CT molecular complexity index is 499. The number of nitrogens with zero attached hydrogens (tertiary/aromatic N) is 3. The van der Waals surface area contributed by atoms with Crippen molar-refractivity contribution in [1.82, 2.24) is 14.7 Å². The highest BCUT2D eigenvalue weighted by Crippen LogP contribution is 2.27. The summed E-state index contributed by atoms with van der Waals surface area (Å²) >= 11 is 0. The van der Waals surface area contributed by atoms with Gasteiger partial charge in [0.15, 0.2) is 0 Å². The van der Waals surface area contributed by atoms with E-state index in [0.717, 1.165) is 44.5 Å². The maximum Gasteiger partial charge on any atom is 0.244 e. The molecule has 0 radical (unpaired) electrons. The van der Waals surface area contributed by atoms with Gasteiger partial charge in [0.05, 0.1) is 0 Å². The van der Waals surface area contributed by atoms with Gasteiger partial charge in [-0.15, -0.1) is 0 Å². The molecule has 1 aromatic rings. The second-order valence-electron chi connectivity index (χ2n) is 6.87. The molecule has 1 unspecified atom stereocenters. The number of piperidine rings is 1. The molecule has 1 aliphatic rings. The van der Waals surface area contributed by atoms with E-state index >= 15 is 0 Å². The lowest BCUT2D eigenvalue weighted by atomic mass is 9.97. The number of aliphatic hydroxyl groups is 1. The van der Waals surface area contributed by atoms with E-state index in [1.165, 1.54) is 0 Å². The van der Waals surface area contributed by atoms with Crippen molar-refractivity contribution in [2.45, 2.75) is 31.3 Å². The molecule has 5 nitrogen and oxygen atoms in total. The second kappa shape index (κ2) is 9.16. The smallest absolute Gasteiger partial charge is 0.244 e. The Morgan fingerprint density at radius 3 is 2.38 bits per heavy atom. The van der Waals surface area contributed by atoms with E-state index < -0.39 is 0 Å². The van der Waals surface area contributed by atoms with E-state index in [1.54, 1.807) is 4.90 Å². The lowest BCUT2D eigenvalue weighted by molar-refractivity contribution is -0.135. The van der Waals surface area contributed by atoms with E-state index in [0.29, 0.717) is 6.04 Å². The maximum atomic E-state index is 12.7. The molecule has 1 amide bonds. The fourth-order valence-corrected chi connectivity index (χ4v) is 3.48. The van der Waals surface area contributed by atoms with Gasteiger partial charge in [-0.2, -0.15) is 0 Å². The Labute approximate surface area is 145 Å². The summed E-state index contributed by atoms with van der Waals surface area (Å²) in [5.41, 5.74) is 1.07. The van der Waals surface area contributed by atoms with Crippen LogP contribution < -0.4 is 0 Å². The normalized spacial score (nSPS) is 17.9. The number of likely N-dealkylation sites (N-methyl/N-ethyl adjacent to an activating group) is 1. The lowest BCUT2D eigenvalue weighted by Crippen LogP contribution is -2.48. The highest BCUT2D eigenvalue weighted by molar-refractivity contribution is 5.82. The molecule has 1 N–H and O–H groups in total. The van der Waals surface area contributed by atoms with E-state index in [9.17, 15) is 4.79 Å². The quantitative estimate of drug-likeness (QED) is 0.823. The molecule has 0 bridgehead atoms. The van der Waals surface area contributed by atoms with Gasteiger partial charge in [0.25, 0.3) is 0 Å². The van der Waals surface area contributed by atoms with E-state index in [4.69, 9.17) is 5.11 Å². The number of carbonyl (C=O) groups excluding carboxylic acids is 1. The van der Waals surface area contributed by atoms with E-state index in [-0.39, 0.29) is 18.6 Å². The Balaban J connectivity index is 2.04. The number of hydrogen-bond donors (Lipinski definition) is 1. The number of carbonyl (C=O) groups is 1. The number of amides is 1. The van der Waals surface area contributed by atoms with Crippen LogP contribution in [-0.2, 0) is 4.79 Å². The molecule has 1 heterocycles. The molecule has 0 spiro atoms. The van der Waals surface area contributed by atoms with Gasteiger partial charge in [-0.05, 0) is 31.9 Å². The van der Waals surface area contributed by atoms with Gasteiger partial charge in [-0.1, -0.05) is 30.3 Å². The van der Waals surface area contributed by atoms with Crippen LogP contribution in [0.1, 0.15) is 30.9 Å². The Hall–Kier alpha value is -1.43. The Morgan fingerprint density at radius 1 is 1.21 bits per heavy atom. The van der Waals surface area contributed by atoms with Crippen LogP contribution in [-0.4, -0.2) is 79.1 Å². The van der Waals surface area contributed by atoms with E-state index in [2.05, 4.69) is 16.8 Å². The average Bonchev–Trinajstić information content (AvgIpc) is 2.61. The number of likely N-dealkylation sites (tertiary alicyclic amines) is 1. The zero-order valence-corrected chi connectivity index (χ0v) is 15.2. The summed E-state index contributed by atoms with van der Waals surface area (Å²) < 4.78 is 0. The van der Waals surface area contributed by atoms with Gasteiger partial charge in [0.1, 0.15) is 6.04 Å². The van der Waals surface area contributed by atoms with Crippen LogP contribution in [0.25, 0.3) is 0 Å². The minimum atomic E-state index is -0.190. The summed E-state index contributed by atoms with van der Waals surface area (Å²) in [7, 11) is 5.79. The number of rotatable bonds is 7. The lowest BCUT2D eigenvalue weighted by Gasteiger charge is -2.40. The fourth-order valence-electron chi connectivity index (χ4n) is 3.48. The van der Waals surface area contributed by atoms with Crippen LogP contribution in [0.4, 0.5) is 0 Å². The van der Waals surface area contributed by atoms with Crippen LogP contribution in [0.5, 0.6) is 0 Å². The zero-order valence-electron chi connectivity index (χ0n) is 15.2. The van der Waals surface area contributed by atoms with Crippen molar-refractivity contribution in [3.05, 3.63) is 35.9 Å². The Morgan fingerprint density at radius 2 is 1.83 bits per heavy atom. The molecular weight excluding hydrogens is 302 g/mol. The molecule has 134 valence electrons. The molecule has 0 aromatic heterocycles. The molecule has 2 rings (SSSR count). The first-order valence-electron chi connectivity index (χ1n) is 8.86. The first-order chi connectivity index (χ1) is 11.5. The maximum absolute atomic E-state index is 12.7. The second-order valence-corrected chi connectivity index (χ2v) is 6.87. The minimum Gasteiger partial charge on any atom is -0.396 e. The van der Waals surface area contributed by atoms with Crippen LogP contribution in [0.15, 0.2) is 30.3 Å². The minimum absolute atomic E-state index is 0.147. The Kier molecular flexibility index (Phi) is 7.21. The van der Waals surface area contributed by atoms with Gasteiger partial charge < -0.3 is 14.9 Å². The molecule has 0 aliphatic carbocycles. The molecule has 24 heavy (non-hydrogen) atoms. The average molecular weight is 333 g/mol. The summed E-state index contributed by atoms with van der Waals surface area (Å²) in [5.74, 6) is 0.147. The summed E-state index contributed by atoms with van der Waals surface area (Å²) in [4.78, 5) is 19.1. The molecule has 0 saturated carbocycles. The van der Waals surface area contributed by atoms with Crippen molar-refractivity contribution >= 4 is 5.91 Å². The number of hydrogen-bond acceptors (Lipinski definition) is 4. The summed E-state index contributed by atoms with van der Waals surface area (Å²) in [6, 6.07) is 10.4. The largest absolute Gasteiger partial charge is 0.396 e. The third-order valence-electron chi connectivity index (χ3n) is 4.95. The van der Waals surface area contributed by atoms with Crippen molar-refractivity contribution < 1.29 is 9.90 Å². The standard InChI is InChI=1S/C19H31N3O2/c1-20(2)19(24)18(16-8-5-4-6-9-16)22-13-10-17(11-14-22)21(3)12-7-15-23/h4-6,8-9,17-18,23H,7,10-15H2,1-3H3. The van der Waals surface area contributed by atoms with Crippen LogP contribution in [0.3, 0.4) is 0 Å². The first-order valence-corrected chi connectivity index (χ1v) is 8.86. The van der Waals surface area contributed by atoms with Crippen LogP contribution >= 0.6 is 0 Å². The van der Waals surface area contributed by atoms with Gasteiger partial charge in [-0.3, -0.25) is 9.69 Å². The van der Waals surface area contributed by atoms with Crippen molar-refractivity contribution in [2.24, 2.45) is 0 Å². The SMILES string of the molecule is CN(C)C(=O)C(c1ccccc1)N1CCC(N(C)CCCO)CC1. The number of benzene rings is 1. The molecule has 1 fully saturated rings. The predicted octanol–water partition coefficient (Wildman–Crippen LogP) is 1.59. The molecule has 1 atom stereocenters. The highest BCUT2D eigenvalue weighted by atomic mass is 16.3. The van der Waals surface area contributed by atoms with Gasteiger partial charge in [0, 0.05) is 46.4 Å². The third-order valence-corrected chi connectivity index (χ3v) is 4.95. The number of aliphatic hydroxyl groups excluding tert-OH is 1. The van der Waals surface area contributed by atoms with Gasteiger partial charge in [-0.25, -0.2) is 0 Å². The summed E-state index contributed by atoms with van der Waals surface area (Å²) in [6.45, 7) is 3.02. The predicted molar refractivity (Wildman–Crippen MR) is 96.8 cm³/mol. The first kappa shape index (κ1) is 18.9. The molecule has 1 aromatic carbocycles. The van der Waals surface area contributed by atoms with Crippen molar-refractivity contribution in [1.29, 1.82) is 0 Å². The van der Waals surface area contributed by atoms with Crippen molar-refractivity contribution in [3.63, 3.8) is 0 Å². The molecule has 1 aliphatic heterocycles. The molecule has 1 saturated heterocycles. The molecule has 5 heteroatoms. The summed E-state index contributed by atoms with van der Waals surface area (Å²) in [5, 5.41) is 8.99. The molecular formula is C19H31N3O2. The van der Waals surface area contributed by atoms with Crippen molar-refractivity contribution in [3.8, 4) is 0 Å². The zero-order chi connectivity index (χ0) is 17.5. The van der Waals surface area contributed by atoms with Gasteiger partial charge >= 0.3 is 0 Å². The van der Waals surface area contributed by atoms with Crippen LogP contribution in [0.2, 0.25) is 0 Å². The van der Waals surface area contributed by atoms with Crippen LogP contribution in [0, 0.1) is 0 Å². The summed E-state index contributed by atoms with van der Waals surface area (Å²) in [6.07, 6.45) is 2.94.